The van der Waals surface area contributed by atoms with Gasteiger partial charge in [0.15, 0.2) is 0 Å². The van der Waals surface area contributed by atoms with Crippen molar-refractivity contribution in [3.8, 4) is 22.6 Å². The van der Waals surface area contributed by atoms with Crippen molar-refractivity contribution in [2.45, 2.75) is 51.2 Å². The molecule has 1 aliphatic carbocycles. The van der Waals surface area contributed by atoms with Crippen LogP contribution in [0.2, 0.25) is 0 Å². The van der Waals surface area contributed by atoms with Gasteiger partial charge in [-0.3, -0.25) is 14.8 Å². The van der Waals surface area contributed by atoms with Gasteiger partial charge in [-0.15, -0.1) is 0 Å². The number of hydrogen-bond acceptors (Lipinski definition) is 6. The van der Waals surface area contributed by atoms with E-state index in [2.05, 4.69) is 50.6 Å². The zero-order valence-corrected chi connectivity index (χ0v) is 20.3. The number of aromatic amines is 1. The molecule has 2 N–H and O–H groups in total. The lowest BCUT2D eigenvalue weighted by molar-refractivity contribution is -0.141. The number of benzene rings is 1. The molecule has 36 heavy (non-hydrogen) atoms. The topological polar surface area (TPSA) is 92.8 Å². The maximum atomic E-state index is 11.3. The standard InChI is InChI=1S/C29H29N5O2/c1-18-3-2-4-26(34-18)29-28(32-17-33-29)20-7-11-25-21(13-20)14-22(15-31-25)19-5-8-23(9-6-19)30-16-24-10-12-27(35)36-24/h2-5,7,11,13-15,17,23-24,30H,6,8-10,12,16H2,1H3,(H,32,33). The second kappa shape index (κ2) is 9.66. The molecule has 2 aliphatic rings. The van der Waals surface area contributed by atoms with Crippen LogP contribution in [0.25, 0.3) is 39.1 Å². The Morgan fingerprint density at radius 1 is 1.08 bits per heavy atom. The zero-order chi connectivity index (χ0) is 24.5. The summed E-state index contributed by atoms with van der Waals surface area (Å²) < 4.78 is 5.32. The third-order valence-corrected chi connectivity index (χ3v) is 7.12. The number of allylic oxidation sites excluding steroid dienone is 1. The van der Waals surface area contributed by atoms with Gasteiger partial charge in [0.05, 0.1) is 28.9 Å². The third-order valence-electron chi connectivity index (χ3n) is 7.12. The first-order valence-electron chi connectivity index (χ1n) is 12.6. The van der Waals surface area contributed by atoms with E-state index in [0.717, 1.165) is 71.5 Å². The van der Waals surface area contributed by atoms with Gasteiger partial charge in [0.25, 0.3) is 0 Å². The minimum Gasteiger partial charge on any atom is -0.461 e. The van der Waals surface area contributed by atoms with E-state index in [1.807, 2.05) is 31.3 Å². The maximum Gasteiger partial charge on any atom is 0.306 e. The Balaban J connectivity index is 1.20. The number of hydrogen-bond donors (Lipinski definition) is 2. The SMILES string of the molecule is Cc1cccc(-c2[nH]cnc2-c2ccc3ncc(C4=CCC(NCC5CCC(=O)O5)CC4)cc3c2)n1. The van der Waals surface area contributed by atoms with E-state index in [9.17, 15) is 4.79 Å². The normalized spacial score (nSPS) is 19.9. The molecule has 4 heterocycles. The Morgan fingerprint density at radius 2 is 2.00 bits per heavy atom. The van der Waals surface area contributed by atoms with Gasteiger partial charge in [0.2, 0.25) is 0 Å². The number of aryl methyl sites for hydroxylation is 1. The number of aromatic nitrogens is 4. The molecule has 182 valence electrons. The van der Waals surface area contributed by atoms with Crippen molar-refractivity contribution < 1.29 is 9.53 Å². The van der Waals surface area contributed by atoms with Crippen LogP contribution >= 0.6 is 0 Å². The summed E-state index contributed by atoms with van der Waals surface area (Å²) in [6, 6.07) is 15.0. The van der Waals surface area contributed by atoms with Gasteiger partial charge in [-0.05, 0) is 74.1 Å². The number of nitrogens with one attached hydrogen (secondary N) is 2. The molecule has 0 amide bonds. The van der Waals surface area contributed by atoms with E-state index in [1.54, 1.807) is 6.33 Å². The highest BCUT2D eigenvalue weighted by Crippen LogP contribution is 2.32. The van der Waals surface area contributed by atoms with Crippen LogP contribution in [0.1, 0.15) is 43.4 Å². The van der Waals surface area contributed by atoms with Crippen LogP contribution in [0, 0.1) is 6.92 Å². The van der Waals surface area contributed by atoms with E-state index >= 15 is 0 Å². The zero-order valence-electron chi connectivity index (χ0n) is 20.3. The molecule has 3 aromatic heterocycles. The van der Waals surface area contributed by atoms with Crippen molar-refractivity contribution in [2.75, 3.05) is 6.54 Å². The molecule has 1 aliphatic heterocycles. The molecule has 0 radical (unpaired) electrons. The van der Waals surface area contributed by atoms with E-state index in [0.29, 0.717) is 12.5 Å². The van der Waals surface area contributed by atoms with Crippen molar-refractivity contribution in [1.29, 1.82) is 0 Å². The van der Waals surface area contributed by atoms with Gasteiger partial charge in [0.1, 0.15) is 6.10 Å². The number of imidazole rings is 1. The summed E-state index contributed by atoms with van der Waals surface area (Å²) >= 11 is 0. The van der Waals surface area contributed by atoms with Gasteiger partial charge in [0, 0.05) is 41.8 Å². The van der Waals surface area contributed by atoms with Crippen LogP contribution in [0.5, 0.6) is 0 Å². The average Bonchev–Trinajstić information content (AvgIpc) is 3.56. The lowest BCUT2D eigenvalue weighted by Gasteiger charge is -2.24. The minimum atomic E-state index is -0.0741. The predicted octanol–water partition coefficient (Wildman–Crippen LogP) is 5.23. The van der Waals surface area contributed by atoms with Gasteiger partial charge < -0.3 is 15.0 Å². The van der Waals surface area contributed by atoms with E-state index in [1.165, 1.54) is 11.1 Å². The van der Waals surface area contributed by atoms with E-state index in [-0.39, 0.29) is 12.1 Å². The first kappa shape index (κ1) is 22.6. The Bertz CT molecular complexity index is 1460. The second-order valence-electron chi connectivity index (χ2n) is 9.68. The number of esters is 1. The van der Waals surface area contributed by atoms with Crippen LogP contribution in [0.4, 0.5) is 0 Å². The number of ether oxygens (including phenoxy) is 1. The van der Waals surface area contributed by atoms with Crippen LogP contribution in [-0.2, 0) is 9.53 Å². The largest absolute Gasteiger partial charge is 0.461 e. The molecule has 0 bridgehead atoms. The molecule has 4 aromatic rings. The fourth-order valence-electron chi connectivity index (χ4n) is 5.15. The van der Waals surface area contributed by atoms with Crippen LogP contribution in [0.15, 0.2) is 61.1 Å². The molecule has 7 heteroatoms. The van der Waals surface area contributed by atoms with Gasteiger partial charge in [-0.1, -0.05) is 18.2 Å². The Kier molecular flexibility index (Phi) is 6.07. The van der Waals surface area contributed by atoms with Crippen molar-refractivity contribution in [1.82, 2.24) is 25.3 Å². The summed E-state index contributed by atoms with van der Waals surface area (Å²) in [6.45, 7) is 2.74. The number of H-pyrrole nitrogens is 1. The van der Waals surface area contributed by atoms with Crippen molar-refractivity contribution in [3.63, 3.8) is 0 Å². The average molecular weight is 480 g/mol. The number of carbonyl (C=O) groups is 1. The molecule has 2 unspecified atom stereocenters. The highest BCUT2D eigenvalue weighted by Gasteiger charge is 2.24. The predicted molar refractivity (Wildman–Crippen MR) is 140 cm³/mol. The molecule has 2 atom stereocenters. The van der Waals surface area contributed by atoms with Gasteiger partial charge in [-0.25, -0.2) is 4.98 Å². The summed E-state index contributed by atoms with van der Waals surface area (Å²) in [5.41, 5.74) is 8.18. The smallest absolute Gasteiger partial charge is 0.306 e. The second-order valence-corrected chi connectivity index (χ2v) is 9.68. The molecule has 1 saturated heterocycles. The molecule has 0 spiro atoms. The van der Waals surface area contributed by atoms with Gasteiger partial charge in [-0.2, -0.15) is 0 Å². The fraction of sp³-hybridized carbons (Fsp3) is 0.310. The number of rotatable bonds is 6. The maximum absolute atomic E-state index is 11.3. The monoisotopic (exact) mass is 479 g/mol. The number of pyridine rings is 2. The summed E-state index contributed by atoms with van der Waals surface area (Å²) in [5.74, 6) is -0.0741. The quantitative estimate of drug-likeness (QED) is 0.368. The summed E-state index contributed by atoms with van der Waals surface area (Å²) in [5, 5.41) is 4.68. The molecule has 0 saturated carbocycles. The summed E-state index contributed by atoms with van der Waals surface area (Å²) in [6.07, 6.45) is 10.4. The molecule has 1 fully saturated rings. The van der Waals surface area contributed by atoms with E-state index < -0.39 is 0 Å². The van der Waals surface area contributed by atoms with Crippen molar-refractivity contribution >= 4 is 22.4 Å². The molecule has 7 nitrogen and oxygen atoms in total. The minimum absolute atomic E-state index is 0.0264. The van der Waals surface area contributed by atoms with Gasteiger partial charge >= 0.3 is 5.97 Å². The van der Waals surface area contributed by atoms with Crippen molar-refractivity contribution in [2.24, 2.45) is 0 Å². The molecule has 1 aromatic carbocycles. The molecule has 6 rings (SSSR count). The lowest BCUT2D eigenvalue weighted by Crippen LogP contribution is -2.36. The van der Waals surface area contributed by atoms with Crippen LogP contribution in [-0.4, -0.2) is 44.6 Å². The first-order chi connectivity index (χ1) is 17.6. The number of carbonyl (C=O) groups excluding carboxylic acids is 1. The third kappa shape index (κ3) is 4.66. The Hall–Kier alpha value is -3.84. The Morgan fingerprint density at radius 3 is 2.81 bits per heavy atom. The van der Waals surface area contributed by atoms with E-state index in [4.69, 9.17) is 9.72 Å². The number of nitrogens with zero attached hydrogens (tertiary/aromatic N) is 3. The highest BCUT2D eigenvalue weighted by molar-refractivity contribution is 5.88. The molecular formula is C29H29N5O2. The highest BCUT2D eigenvalue weighted by atomic mass is 16.5. The number of fused-ring (bicyclic) bond motifs is 1. The van der Waals surface area contributed by atoms with Crippen LogP contribution in [0.3, 0.4) is 0 Å². The van der Waals surface area contributed by atoms with Crippen molar-refractivity contribution in [3.05, 3.63) is 72.3 Å². The fourth-order valence-corrected chi connectivity index (χ4v) is 5.15. The first-order valence-corrected chi connectivity index (χ1v) is 12.6. The van der Waals surface area contributed by atoms with Crippen LogP contribution < -0.4 is 5.32 Å². The summed E-state index contributed by atoms with van der Waals surface area (Å²) in [4.78, 5) is 28.6. The summed E-state index contributed by atoms with van der Waals surface area (Å²) in [7, 11) is 0. The lowest BCUT2D eigenvalue weighted by atomic mass is 9.90. The number of cyclic esters (lactones) is 1. The molecular weight excluding hydrogens is 450 g/mol. The Labute approximate surface area is 210 Å².